The van der Waals surface area contributed by atoms with Crippen molar-refractivity contribution >= 4 is 23.4 Å². The first-order valence-electron chi connectivity index (χ1n) is 11.7. The first kappa shape index (κ1) is 22.3. The van der Waals surface area contributed by atoms with Crippen LogP contribution >= 0.6 is 0 Å². The minimum atomic E-state index is -0.0714. The number of ether oxygens (including phenoxy) is 1. The van der Waals surface area contributed by atoms with E-state index in [2.05, 4.69) is 21.9 Å². The zero-order chi connectivity index (χ0) is 22.3. The molecule has 3 amide bonds. The van der Waals surface area contributed by atoms with Crippen molar-refractivity contribution in [3.63, 3.8) is 0 Å². The fraction of sp³-hybridized carbons (Fsp3) is 0.583. The van der Waals surface area contributed by atoms with Crippen molar-refractivity contribution in [2.24, 2.45) is 11.0 Å². The van der Waals surface area contributed by atoms with Crippen LogP contribution in [0.25, 0.3) is 0 Å². The molecule has 1 unspecified atom stereocenters. The van der Waals surface area contributed by atoms with Crippen LogP contribution in [0.15, 0.2) is 23.3 Å². The van der Waals surface area contributed by atoms with Gasteiger partial charge in [0.05, 0.1) is 6.61 Å². The average Bonchev–Trinajstić information content (AvgIpc) is 2.82. The standard InChI is InChI=1S/C24H32N4O4/c29-22-9-6-20(26-27-22)7-10-24(31)28-11-1-3-18(16-28)14-23(30)25-15-17-5-8-21-19(13-17)4-2-12-32-21/h5,8,13,18H,1-4,6-7,9-12,14-16H2,(H,25,30)(H,27,29). The normalized spacial score (nSPS) is 20.5. The fourth-order valence-corrected chi connectivity index (χ4v) is 4.62. The molecule has 2 N–H and O–H groups in total. The number of piperidine rings is 1. The molecule has 1 atom stereocenters. The van der Waals surface area contributed by atoms with Gasteiger partial charge in [0, 0.05) is 44.6 Å². The lowest BCUT2D eigenvalue weighted by Crippen LogP contribution is -2.41. The number of hydrogen-bond acceptors (Lipinski definition) is 5. The largest absolute Gasteiger partial charge is 0.493 e. The molecule has 0 spiro atoms. The predicted molar refractivity (Wildman–Crippen MR) is 120 cm³/mol. The van der Waals surface area contributed by atoms with Crippen molar-refractivity contribution in [1.29, 1.82) is 0 Å². The van der Waals surface area contributed by atoms with Crippen LogP contribution in [0.5, 0.6) is 5.75 Å². The molecule has 0 bridgehead atoms. The van der Waals surface area contributed by atoms with Crippen molar-refractivity contribution in [2.45, 2.75) is 64.3 Å². The monoisotopic (exact) mass is 440 g/mol. The number of benzene rings is 1. The summed E-state index contributed by atoms with van der Waals surface area (Å²) >= 11 is 0. The molecule has 4 rings (SSSR count). The van der Waals surface area contributed by atoms with Crippen molar-refractivity contribution in [3.05, 3.63) is 29.3 Å². The second-order valence-corrected chi connectivity index (χ2v) is 8.94. The molecular formula is C24H32N4O4. The van der Waals surface area contributed by atoms with Gasteiger partial charge < -0.3 is 15.0 Å². The van der Waals surface area contributed by atoms with Gasteiger partial charge in [-0.25, -0.2) is 5.43 Å². The summed E-state index contributed by atoms with van der Waals surface area (Å²) in [7, 11) is 0. The van der Waals surface area contributed by atoms with Crippen LogP contribution < -0.4 is 15.5 Å². The van der Waals surface area contributed by atoms with Gasteiger partial charge in [-0.2, -0.15) is 5.10 Å². The Morgan fingerprint density at radius 1 is 1.22 bits per heavy atom. The molecule has 1 aromatic rings. The lowest BCUT2D eigenvalue weighted by atomic mass is 9.94. The maximum atomic E-state index is 12.6. The minimum Gasteiger partial charge on any atom is -0.493 e. The molecule has 8 nitrogen and oxygen atoms in total. The second-order valence-electron chi connectivity index (χ2n) is 8.94. The second kappa shape index (κ2) is 10.6. The Bertz CT molecular complexity index is 898. The molecule has 1 aromatic carbocycles. The Hall–Kier alpha value is -2.90. The van der Waals surface area contributed by atoms with Crippen molar-refractivity contribution in [3.8, 4) is 5.75 Å². The fourth-order valence-electron chi connectivity index (χ4n) is 4.62. The zero-order valence-corrected chi connectivity index (χ0v) is 18.5. The van der Waals surface area contributed by atoms with Crippen LogP contribution in [0, 0.1) is 5.92 Å². The lowest BCUT2D eigenvalue weighted by Gasteiger charge is -2.32. The third-order valence-corrected chi connectivity index (χ3v) is 6.42. The Labute approximate surface area is 188 Å². The summed E-state index contributed by atoms with van der Waals surface area (Å²) in [6.07, 6.45) is 6.41. The van der Waals surface area contributed by atoms with E-state index >= 15 is 0 Å². The van der Waals surface area contributed by atoms with Gasteiger partial charge in [-0.15, -0.1) is 0 Å². The highest BCUT2D eigenvalue weighted by atomic mass is 16.5. The summed E-state index contributed by atoms with van der Waals surface area (Å²) in [4.78, 5) is 38.2. The number of likely N-dealkylation sites (tertiary alicyclic amines) is 1. The van der Waals surface area contributed by atoms with E-state index in [0.717, 1.165) is 55.9 Å². The number of nitrogens with one attached hydrogen (secondary N) is 2. The SMILES string of the molecule is O=C(CC1CCCN(C(=O)CCC2=NNC(=O)CC2)C1)NCc1ccc2c(c1)CCCO2. The van der Waals surface area contributed by atoms with E-state index < -0.39 is 0 Å². The van der Waals surface area contributed by atoms with Crippen LogP contribution in [-0.2, 0) is 27.3 Å². The summed E-state index contributed by atoms with van der Waals surface area (Å²) in [6, 6.07) is 6.12. The number of carbonyl (C=O) groups excluding carboxylic acids is 3. The average molecular weight is 441 g/mol. The number of nitrogens with zero attached hydrogens (tertiary/aromatic N) is 2. The summed E-state index contributed by atoms with van der Waals surface area (Å²) in [5.41, 5.74) is 5.65. The summed E-state index contributed by atoms with van der Waals surface area (Å²) < 4.78 is 5.65. The van der Waals surface area contributed by atoms with Crippen molar-refractivity contribution in [1.82, 2.24) is 15.6 Å². The predicted octanol–water partition coefficient (Wildman–Crippen LogP) is 2.30. The summed E-state index contributed by atoms with van der Waals surface area (Å²) in [5.74, 6) is 1.21. The number of aryl methyl sites for hydroxylation is 1. The molecule has 0 aromatic heterocycles. The molecule has 3 aliphatic rings. The van der Waals surface area contributed by atoms with Gasteiger partial charge in [-0.3, -0.25) is 14.4 Å². The molecule has 0 saturated carbocycles. The van der Waals surface area contributed by atoms with E-state index in [1.807, 2.05) is 17.0 Å². The maximum Gasteiger partial charge on any atom is 0.240 e. The van der Waals surface area contributed by atoms with Crippen LogP contribution in [0.3, 0.4) is 0 Å². The van der Waals surface area contributed by atoms with Gasteiger partial charge in [0.1, 0.15) is 5.75 Å². The lowest BCUT2D eigenvalue weighted by molar-refractivity contribution is -0.134. The first-order valence-corrected chi connectivity index (χ1v) is 11.7. The number of fused-ring (bicyclic) bond motifs is 1. The maximum absolute atomic E-state index is 12.6. The van der Waals surface area contributed by atoms with E-state index in [-0.39, 0.29) is 23.6 Å². The molecule has 3 aliphatic heterocycles. The summed E-state index contributed by atoms with van der Waals surface area (Å²) in [6.45, 7) is 2.67. The van der Waals surface area contributed by atoms with E-state index in [1.54, 1.807) is 0 Å². The van der Waals surface area contributed by atoms with Gasteiger partial charge in [0.2, 0.25) is 17.7 Å². The molecule has 32 heavy (non-hydrogen) atoms. The third-order valence-electron chi connectivity index (χ3n) is 6.42. The van der Waals surface area contributed by atoms with E-state index in [1.165, 1.54) is 5.56 Å². The van der Waals surface area contributed by atoms with Crippen LogP contribution in [0.2, 0.25) is 0 Å². The molecule has 172 valence electrons. The van der Waals surface area contributed by atoms with E-state index in [9.17, 15) is 14.4 Å². The van der Waals surface area contributed by atoms with Crippen LogP contribution in [-0.4, -0.2) is 48.0 Å². The van der Waals surface area contributed by atoms with Crippen molar-refractivity contribution in [2.75, 3.05) is 19.7 Å². The number of carbonyl (C=O) groups is 3. The minimum absolute atomic E-state index is 0.0329. The van der Waals surface area contributed by atoms with Gasteiger partial charge in [0.25, 0.3) is 0 Å². The number of hydrazone groups is 1. The topological polar surface area (TPSA) is 100 Å². The van der Waals surface area contributed by atoms with Crippen LogP contribution in [0.4, 0.5) is 0 Å². The Balaban J connectivity index is 1.20. The smallest absolute Gasteiger partial charge is 0.240 e. The molecule has 1 saturated heterocycles. The molecule has 1 fully saturated rings. The zero-order valence-electron chi connectivity index (χ0n) is 18.5. The van der Waals surface area contributed by atoms with E-state index in [4.69, 9.17) is 4.74 Å². The van der Waals surface area contributed by atoms with E-state index in [0.29, 0.717) is 45.2 Å². The quantitative estimate of drug-likeness (QED) is 0.679. The first-order chi connectivity index (χ1) is 15.6. The molecule has 0 aliphatic carbocycles. The van der Waals surface area contributed by atoms with Crippen molar-refractivity contribution < 1.29 is 19.1 Å². The van der Waals surface area contributed by atoms with Gasteiger partial charge in [0.15, 0.2) is 0 Å². The highest BCUT2D eigenvalue weighted by Crippen LogP contribution is 2.26. The molecule has 0 radical (unpaired) electrons. The Kier molecular flexibility index (Phi) is 7.39. The molecule has 3 heterocycles. The number of rotatable bonds is 7. The Morgan fingerprint density at radius 2 is 2.12 bits per heavy atom. The highest BCUT2D eigenvalue weighted by molar-refractivity contribution is 5.94. The summed E-state index contributed by atoms with van der Waals surface area (Å²) in [5, 5.41) is 7.07. The molecule has 8 heteroatoms. The van der Waals surface area contributed by atoms with Gasteiger partial charge in [-0.05, 0) is 61.6 Å². The number of hydrogen-bond donors (Lipinski definition) is 2. The van der Waals surface area contributed by atoms with Gasteiger partial charge >= 0.3 is 0 Å². The van der Waals surface area contributed by atoms with Crippen LogP contribution in [0.1, 0.15) is 62.5 Å². The number of amides is 3. The highest BCUT2D eigenvalue weighted by Gasteiger charge is 2.25. The Morgan fingerprint density at radius 3 is 2.97 bits per heavy atom. The third kappa shape index (κ3) is 6.08. The molecular weight excluding hydrogens is 408 g/mol. The van der Waals surface area contributed by atoms with Gasteiger partial charge in [-0.1, -0.05) is 12.1 Å².